The number of hydrogen-bond donors (Lipinski definition) is 2. The first-order valence-corrected chi connectivity index (χ1v) is 16.5. The molecule has 0 aliphatic carbocycles. The minimum Gasteiger partial charge on any atom is -0.494 e. The number of unbranched alkanes of at least 4 members (excludes halogenated alkanes) is 4. The Morgan fingerprint density at radius 2 is 1.33 bits per heavy atom. The number of carbonyl (C=O) groups excluding carboxylic acids is 4. The number of benzene rings is 4. The minimum absolute atomic E-state index is 0.154. The van der Waals surface area contributed by atoms with Crippen LogP contribution in [-0.4, -0.2) is 36.2 Å². The van der Waals surface area contributed by atoms with Gasteiger partial charge in [0, 0.05) is 11.3 Å². The van der Waals surface area contributed by atoms with Gasteiger partial charge in [0.05, 0.1) is 24.1 Å². The zero-order valence-corrected chi connectivity index (χ0v) is 27.9. The Hall–Kier alpha value is -5.24. The van der Waals surface area contributed by atoms with Crippen LogP contribution in [0, 0.1) is 0 Å². The van der Waals surface area contributed by atoms with Crippen LogP contribution >= 0.6 is 0 Å². The maximum atomic E-state index is 13.0. The van der Waals surface area contributed by atoms with Crippen molar-refractivity contribution >= 4 is 29.3 Å². The molecule has 0 bridgehead atoms. The summed E-state index contributed by atoms with van der Waals surface area (Å²) in [5.41, 5.74) is 3.03. The Bertz CT molecular complexity index is 1630. The molecule has 250 valence electrons. The molecule has 0 saturated carbocycles. The topological polar surface area (TPSA) is 111 Å². The summed E-state index contributed by atoms with van der Waals surface area (Å²) in [6, 6.07) is 29.0. The van der Waals surface area contributed by atoms with Gasteiger partial charge < -0.3 is 20.1 Å². The van der Waals surface area contributed by atoms with Crippen molar-refractivity contribution in [2.45, 2.75) is 71.3 Å². The number of ether oxygens (including phenoxy) is 2. The normalized spacial score (nSPS) is 12.0. The molecule has 0 fully saturated rings. The fraction of sp³-hybridized carbons (Fsp3) is 0.300. The lowest BCUT2D eigenvalue weighted by Gasteiger charge is -2.17. The van der Waals surface area contributed by atoms with Crippen molar-refractivity contribution in [2.24, 2.45) is 0 Å². The molecule has 0 aromatic heterocycles. The molecule has 2 amide bonds. The highest BCUT2D eigenvalue weighted by molar-refractivity contribution is 5.99. The van der Waals surface area contributed by atoms with E-state index in [1.54, 1.807) is 72.8 Å². The number of nitrogens with one attached hydrogen (secondary N) is 2. The molecule has 4 aromatic carbocycles. The molecule has 8 nitrogen and oxygen atoms in total. The largest absolute Gasteiger partial charge is 0.494 e. The predicted octanol–water partition coefficient (Wildman–Crippen LogP) is 7.93. The van der Waals surface area contributed by atoms with Gasteiger partial charge in [-0.25, -0.2) is 4.79 Å². The lowest BCUT2D eigenvalue weighted by atomic mass is 10.0. The molecule has 48 heavy (non-hydrogen) atoms. The maximum absolute atomic E-state index is 13.0. The predicted molar refractivity (Wildman–Crippen MR) is 188 cm³/mol. The molecule has 0 saturated heterocycles. The molecule has 0 unspecified atom stereocenters. The van der Waals surface area contributed by atoms with Crippen LogP contribution in [0.5, 0.6) is 11.5 Å². The first-order chi connectivity index (χ1) is 23.2. The Labute approximate surface area is 282 Å². The Morgan fingerprint density at radius 1 is 0.708 bits per heavy atom. The second-order valence-corrected chi connectivity index (χ2v) is 11.9. The average molecular weight is 649 g/mol. The number of anilines is 1. The minimum atomic E-state index is -0.755. The quantitative estimate of drug-likeness (QED) is 0.0684. The summed E-state index contributed by atoms with van der Waals surface area (Å²) in [6.45, 7) is 6.10. The van der Waals surface area contributed by atoms with Crippen LogP contribution in [0.4, 0.5) is 5.69 Å². The third kappa shape index (κ3) is 10.9. The highest BCUT2D eigenvalue weighted by Gasteiger charge is 2.20. The summed E-state index contributed by atoms with van der Waals surface area (Å²) in [5.74, 6) is -0.490. The summed E-state index contributed by atoms with van der Waals surface area (Å²) in [6.07, 6.45) is 6.09. The van der Waals surface area contributed by atoms with E-state index < -0.39 is 17.9 Å². The van der Waals surface area contributed by atoms with Gasteiger partial charge in [-0.05, 0) is 98.5 Å². The second-order valence-electron chi connectivity index (χ2n) is 11.9. The standard InChI is InChI=1S/C40H44N2O6/c1-4-5-6-7-11-26-47-35-24-18-33(19-25-35)40(46)48-36-22-14-30(15-23-36)27-37(29(3)43)42-39(45)32-16-20-34(21-17-32)41-38(44)28(2)31-12-9-8-10-13-31/h8-10,12-25,28,37H,4-7,11,26-27H2,1-3H3,(H,41,44)(H,42,45)/t28-,37+/m1/s1. The number of carbonyl (C=O) groups is 4. The van der Waals surface area contributed by atoms with Gasteiger partial charge in [0.2, 0.25) is 5.91 Å². The molecule has 0 radical (unpaired) electrons. The van der Waals surface area contributed by atoms with Crippen molar-refractivity contribution < 1.29 is 28.7 Å². The summed E-state index contributed by atoms with van der Waals surface area (Å²) in [7, 11) is 0. The summed E-state index contributed by atoms with van der Waals surface area (Å²) >= 11 is 0. The lowest BCUT2D eigenvalue weighted by Crippen LogP contribution is -2.41. The summed E-state index contributed by atoms with van der Waals surface area (Å²) < 4.78 is 11.3. The van der Waals surface area contributed by atoms with E-state index in [1.165, 1.54) is 26.2 Å². The van der Waals surface area contributed by atoms with Crippen molar-refractivity contribution in [3.63, 3.8) is 0 Å². The molecule has 2 atom stereocenters. The Kier molecular flexibility index (Phi) is 13.5. The smallest absolute Gasteiger partial charge is 0.343 e. The summed E-state index contributed by atoms with van der Waals surface area (Å²) in [4.78, 5) is 50.8. The van der Waals surface area contributed by atoms with Crippen molar-refractivity contribution in [1.29, 1.82) is 0 Å². The molecule has 0 aliphatic rings. The van der Waals surface area contributed by atoms with Crippen molar-refractivity contribution in [2.75, 3.05) is 11.9 Å². The maximum Gasteiger partial charge on any atom is 0.343 e. The number of hydrogen-bond acceptors (Lipinski definition) is 6. The molecule has 4 aromatic rings. The van der Waals surface area contributed by atoms with Crippen LogP contribution < -0.4 is 20.1 Å². The van der Waals surface area contributed by atoms with E-state index in [2.05, 4.69) is 17.6 Å². The monoisotopic (exact) mass is 648 g/mol. The molecule has 8 heteroatoms. The Morgan fingerprint density at radius 3 is 1.98 bits per heavy atom. The SMILES string of the molecule is CCCCCCCOc1ccc(C(=O)Oc2ccc(C[C@H](NC(=O)c3ccc(NC(=O)[C@H](C)c4ccccc4)cc3)C(C)=O)cc2)cc1. The van der Waals surface area contributed by atoms with E-state index in [-0.39, 0.29) is 24.0 Å². The van der Waals surface area contributed by atoms with E-state index in [1.807, 2.05) is 37.3 Å². The van der Waals surface area contributed by atoms with Crippen LogP contribution in [0.25, 0.3) is 0 Å². The van der Waals surface area contributed by atoms with Crippen LogP contribution in [0.3, 0.4) is 0 Å². The van der Waals surface area contributed by atoms with Crippen LogP contribution in [-0.2, 0) is 16.0 Å². The van der Waals surface area contributed by atoms with Crippen LogP contribution in [0.1, 0.15) is 90.6 Å². The zero-order valence-electron chi connectivity index (χ0n) is 27.9. The molecule has 0 aliphatic heterocycles. The average Bonchev–Trinajstić information content (AvgIpc) is 3.10. The summed E-state index contributed by atoms with van der Waals surface area (Å²) in [5, 5.41) is 5.68. The third-order valence-corrected chi connectivity index (χ3v) is 8.08. The van der Waals surface area contributed by atoms with E-state index in [0.717, 1.165) is 24.0 Å². The van der Waals surface area contributed by atoms with E-state index in [0.29, 0.717) is 34.9 Å². The van der Waals surface area contributed by atoms with Gasteiger partial charge in [-0.1, -0.05) is 75.1 Å². The third-order valence-electron chi connectivity index (χ3n) is 8.08. The first-order valence-electron chi connectivity index (χ1n) is 16.5. The number of rotatable bonds is 17. The number of esters is 1. The fourth-order valence-corrected chi connectivity index (χ4v) is 5.06. The molecular formula is C40H44N2O6. The molecule has 2 N–H and O–H groups in total. The van der Waals surface area contributed by atoms with E-state index >= 15 is 0 Å². The molecule has 0 spiro atoms. The zero-order chi connectivity index (χ0) is 34.3. The van der Waals surface area contributed by atoms with Gasteiger partial charge in [0.1, 0.15) is 11.5 Å². The van der Waals surface area contributed by atoms with Gasteiger partial charge in [0.25, 0.3) is 5.91 Å². The highest BCUT2D eigenvalue weighted by Crippen LogP contribution is 2.20. The molecular weight excluding hydrogens is 604 g/mol. The molecule has 4 rings (SSSR count). The molecule has 0 heterocycles. The van der Waals surface area contributed by atoms with Crippen molar-refractivity contribution in [3.8, 4) is 11.5 Å². The first kappa shape index (κ1) is 35.6. The number of Topliss-reactive ketones (excluding diaryl/α,β-unsaturated/α-hetero) is 1. The van der Waals surface area contributed by atoms with Gasteiger partial charge in [-0.2, -0.15) is 0 Å². The van der Waals surface area contributed by atoms with Gasteiger partial charge in [0.15, 0.2) is 5.78 Å². The van der Waals surface area contributed by atoms with Gasteiger partial charge >= 0.3 is 5.97 Å². The van der Waals surface area contributed by atoms with Crippen LogP contribution in [0.15, 0.2) is 103 Å². The Balaban J connectivity index is 1.25. The highest BCUT2D eigenvalue weighted by atomic mass is 16.5. The fourth-order valence-electron chi connectivity index (χ4n) is 5.06. The van der Waals surface area contributed by atoms with Gasteiger partial charge in [-0.15, -0.1) is 0 Å². The van der Waals surface area contributed by atoms with Crippen molar-refractivity contribution in [1.82, 2.24) is 5.32 Å². The van der Waals surface area contributed by atoms with E-state index in [9.17, 15) is 19.2 Å². The lowest BCUT2D eigenvalue weighted by molar-refractivity contribution is -0.119. The van der Waals surface area contributed by atoms with Gasteiger partial charge in [-0.3, -0.25) is 14.4 Å². The van der Waals surface area contributed by atoms with E-state index in [4.69, 9.17) is 9.47 Å². The number of ketones is 1. The number of amides is 2. The second kappa shape index (κ2) is 18.2. The van der Waals surface area contributed by atoms with Crippen LogP contribution in [0.2, 0.25) is 0 Å². The van der Waals surface area contributed by atoms with Crippen molar-refractivity contribution in [3.05, 3.63) is 125 Å².